The van der Waals surface area contributed by atoms with E-state index in [0.29, 0.717) is 0 Å². The van der Waals surface area contributed by atoms with Crippen LogP contribution in [0.2, 0.25) is 0 Å². The molecule has 1 aliphatic heterocycles. The van der Waals surface area contributed by atoms with Crippen molar-refractivity contribution < 1.29 is 28.3 Å². The van der Waals surface area contributed by atoms with Gasteiger partial charge in [0.1, 0.15) is 5.92 Å². The van der Waals surface area contributed by atoms with Gasteiger partial charge < -0.3 is 15.3 Å². The second-order valence-corrected chi connectivity index (χ2v) is 3.93. The number of benzene rings is 1. The summed E-state index contributed by atoms with van der Waals surface area (Å²) in [6.45, 7) is -0.0257. The highest BCUT2D eigenvalue weighted by atomic mass is 19.2. The lowest BCUT2D eigenvalue weighted by molar-refractivity contribution is -0.140. The normalized spacial score (nSPS) is 21.9. The SMILES string of the molecule is O=C1NCC(O)C1C(=O)NOc1ccc(F)c(F)c1. The van der Waals surface area contributed by atoms with Crippen molar-refractivity contribution in [3.05, 3.63) is 29.8 Å². The molecular weight excluding hydrogens is 262 g/mol. The number of nitrogens with one attached hydrogen (secondary N) is 2. The van der Waals surface area contributed by atoms with Crippen LogP contribution in [-0.4, -0.2) is 29.6 Å². The van der Waals surface area contributed by atoms with Crippen LogP contribution in [0.25, 0.3) is 0 Å². The van der Waals surface area contributed by atoms with E-state index < -0.39 is 35.5 Å². The van der Waals surface area contributed by atoms with Crippen molar-refractivity contribution in [2.24, 2.45) is 5.92 Å². The molecule has 6 nitrogen and oxygen atoms in total. The van der Waals surface area contributed by atoms with E-state index in [1.807, 2.05) is 5.48 Å². The minimum Gasteiger partial charge on any atom is -0.390 e. The lowest BCUT2D eigenvalue weighted by Crippen LogP contribution is -2.40. The topological polar surface area (TPSA) is 87.7 Å². The van der Waals surface area contributed by atoms with E-state index in [2.05, 4.69) is 5.32 Å². The molecule has 8 heteroatoms. The minimum atomic E-state index is -1.29. The fraction of sp³-hybridized carbons (Fsp3) is 0.273. The third-order valence-corrected chi connectivity index (χ3v) is 2.60. The maximum atomic E-state index is 12.9. The third kappa shape index (κ3) is 2.79. The van der Waals surface area contributed by atoms with Crippen LogP contribution in [-0.2, 0) is 9.59 Å². The molecule has 1 aromatic carbocycles. The predicted molar refractivity (Wildman–Crippen MR) is 57.6 cm³/mol. The van der Waals surface area contributed by atoms with Crippen LogP contribution in [0, 0.1) is 17.6 Å². The molecule has 1 saturated heterocycles. The predicted octanol–water partition coefficient (Wildman–Crippen LogP) is -0.518. The van der Waals surface area contributed by atoms with Gasteiger partial charge in [0.25, 0.3) is 5.91 Å². The van der Waals surface area contributed by atoms with Gasteiger partial charge in [0.2, 0.25) is 5.91 Å². The number of hydrogen-bond donors (Lipinski definition) is 3. The quantitative estimate of drug-likeness (QED) is 0.510. The first kappa shape index (κ1) is 13.2. The van der Waals surface area contributed by atoms with E-state index in [0.717, 1.165) is 18.2 Å². The monoisotopic (exact) mass is 272 g/mol. The van der Waals surface area contributed by atoms with Gasteiger partial charge in [-0.15, -0.1) is 0 Å². The maximum absolute atomic E-state index is 12.9. The Morgan fingerprint density at radius 2 is 2.16 bits per heavy atom. The molecule has 2 amide bonds. The van der Waals surface area contributed by atoms with Crippen LogP contribution >= 0.6 is 0 Å². The summed E-state index contributed by atoms with van der Waals surface area (Å²) in [5.74, 6) is -5.11. The van der Waals surface area contributed by atoms with Crippen molar-refractivity contribution in [1.29, 1.82) is 0 Å². The van der Waals surface area contributed by atoms with Crippen LogP contribution < -0.4 is 15.6 Å². The molecule has 19 heavy (non-hydrogen) atoms. The van der Waals surface area contributed by atoms with Gasteiger partial charge in [-0.2, -0.15) is 5.48 Å². The Labute approximate surface area is 106 Å². The maximum Gasteiger partial charge on any atom is 0.267 e. The number of aliphatic hydroxyl groups is 1. The molecule has 0 aromatic heterocycles. The van der Waals surface area contributed by atoms with Gasteiger partial charge in [0.05, 0.1) is 6.10 Å². The molecule has 1 aliphatic rings. The number of amides is 2. The Balaban J connectivity index is 1.96. The third-order valence-electron chi connectivity index (χ3n) is 2.60. The molecule has 1 aromatic rings. The number of hydrogen-bond acceptors (Lipinski definition) is 4. The van der Waals surface area contributed by atoms with Gasteiger partial charge in [-0.05, 0) is 12.1 Å². The summed E-state index contributed by atoms with van der Waals surface area (Å²) in [4.78, 5) is 27.5. The van der Waals surface area contributed by atoms with Crippen molar-refractivity contribution in [2.75, 3.05) is 6.54 Å². The Kier molecular flexibility index (Phi) is 3.61. The highest BCUT2D eigenvalue weighted by molar-refractivity contribution is 6.02. The molecule has 102 valence electrons. The molecule has 2 rings (SSSR count). The molecule has 2 atom stereocenters. The summed E-state index contributed by atoms with van der Waals surface area (Å²) in [5.41, 5.74) is 1.90. The Hall–Kier alpha value is -2.22. The summed E-state index contributed by atoms with van der Waals surface area (Å²) < 4.78 is 25.5. The molecule has 2 unspecified atom stereocenters. The van der Waals surface area contributed by atoms with Gasteiger partial charge in [-0.3, -0.25) is 9.59 Å². The van der Waals surface area contributed by atoms with Crippen molar-refractivity contribution in [3.8, 4) is 5.75 Å². The van der Waals surface area contributed by atoms with Crippen LogP contribution in [0.5, 0.6) is 5.75 Å². The van der Waals surface area contributed by atoms with E-state index in [-0.39, 0.29) is 12.3 Å². The molecule has 1 heterocycles. The number of hydroxylamine groups is 1. The molecule has 0 aliphatic carbocycles. The highest BCUT2D eigenvalue weighted by Gasteiger charge is 2.39. The zero-order valence-corrected chi connectivity index (χ0v) is 9.52. The first-order chi connectivity index (χ1) is 8.99. The van der Waals surface area contributed by atoms with Gasteiger partial charge >= 0.3 is 0 Å². The molecular formula is C11H10F2N2O4. The zero-order valence-electron chi connectivity index (χ0n) is 9.52. The van der Waals surface area contributed by atoms with Crippen LogP contribution in [0.1, 0.15) is 0 Å². The standard InChI is InChI=1S/C11H10F2N2O4/c12-6-2-1-5(3-7(6)13)19-15-11(18)9-8(16)4-14-10(9)17/h1-3,8-9,16H,4H2,(H,14,17)(H,15,18). The minimum absolute atomic E-state index is 0.0257. The van der Waals surface area contributed by atoms with Gasteiger partial charge in [-0.1, -0.05) is 0 Å². The zero-order chi connectivity index (χ0) is 14.0. The lowest BCUT2D eigenvalue weighted by atomic mass is 10.1. The van der Waals surface area contributed by atoms with Gasteiger partial charge in [0, 0.05) is 12.6 Å². The van der Waals surface area contributed by atoms with Crippen molar-refractivity contribution in [2.45, 2.75) is 6.10 Å². The second-order valence-electron chi connectivity index (χ2n) is 3.93. The number of β-amino-alcohol motifs (C(OH)–C–C–N with tert-alkyl or cyclic N) is 1. The van der Waals surface area contributed by atoms with E-state index in [1.54, 1.807) is 0 Å². The number of carbonyl (C=O) groups is 2. The van der Waals surface area contributed by atoms with E-state index >= 15 is 0 Å². The van der Waals surface area contributed by atoms with Crippen molar-refractivity contribution >= 4 is 11.8 Å². The molecule has 3 N–H and O–H groups in total. The van der Waals surface area contributed by atoms with Gasteiger partial charge in [0.15, 0.2) is 17.4 Å². The average Bonchev–Trinajstić information content (AvgIpc) is 2.70. The average molecular weight is 272 g/mol. The number of rotatable bonds is 3. The van der Waals surface area contributed by atoms with Crippen LogP contribution in [0.15, 0.2) is 18.2 Å². The van der Waals surface area contributed by atoms with Crippen molar-refractivity contribution in [1.82, 2.24) is 10.8 Å². The van der Waals surface area contributed by atoms with Crippen LogP contribution in [0.4, 0.5) is 8.78 Å². The molecule has 1 fully saturated rings. The van der Waals surface area contributed by atoms with Crippen LogP contribution in [0.3, 0.4) is 0 Å². The molecule has 0 bridgehead atoms. The first-order valence-corrected chi connectivity index (χ1v) is 5.36. The number of halogens is 2. The number of carbonyl (C=O) groups excluding carboxylic acids is 2. The Morgan fingerprint density at radius 3 is 2.74 bits per heavy atom. The Morgan fingerprint density at radius 1 is 1.42 bits per heavy atom. The summed E-state index contributed by atoms with van der Waals surface area (Å²) in [7, 11) is 0. The summed E-state index contributed by atoms with van der Waals surface area (Å²) in [5, 5.41) is 11.7. The van der Waals surface area contributed by atoms with E-state index in [4.69, 9.17) is 4.84 Å². The second kappa shape index (κ2) is 5.19. The highest BCUT2D eigenvalue weighted by Crippen LogP contribution is 2.15. The summed E-state index contributed by atoms with van der Waals surface area (Å²) >= 11 is 0. The lowest BCUT2D eigenvalue weighted by Gasteiger charge is -2.12. The fourth-order valence-electron chi connectivity index (χ4n) is 1.61. The smallest absolute Gasteiger partial charge is 0.267 e. The molecule has 0 saturated carbocycles. The van der Waals surface area contributed by atoms with Crippen molar-refractivity contribution in [3.63, 3.8) is 0 Å². The van der Waals surface area contributed by atoms with E-state index in [1.165, 1.54) is 0 Å². The van der Waals surface area contributed by atoms with E-state index in [9.17, 15) is 23.5 Å². The molecule has 0 spiro atoms. The fourth-order valence-corrected chi connectivity index (χ4v) is 1.61. The largest absolute Gasteiger partial charge is 0.390 e. The summed E-state index contributed by atoms with van der Waals surface area (Å²) in [6.07, 6.45) is -1.15. The first-order valence-electron chi connectivity index (χ1n) is 5.36. The Bertz CT molecular complexity index is 523. The van der Waals surface area contributed by atoms with Gasteiger partial charge in [-0.25, -0.2) is 8.78 Å². The summed E-state index contributed by atoms with van der Waals surface area (Å²) in [6, 6.07) is 2.67. The molecule has 0 radical (unpaired) electrons. The number of aliphatic hydroxyl groups excluding tert-OH is 1.